The second-order valence-corrected chi connectivity index (χ2v) is 8.34. The number of piperidine rings is 1. The summed E-state index contributed by atoms with van der Waals surface area (Å²) in [5.41, 5.74) is 0. The molecule has 132 valence electrons. The number of rotatable bonds is 4. The van der Waals surface area contributed by atoms with Crippen LogP contribution in [0.1, 0.15) is 63.6 Å². The molecule has 1 amide bonds. The van der Waals surface area contributed by atoms with Crippen LogP contribution in [0.3, 0.4) is 0 Å². The molecular formula is C18H28N4OS. The molecule has 0 aromatic carbocycles. The van der Waals surface area contributed by atoms with Gasteiger partial charge in [0.05, 0.1) is 0 Å². The smallest absolute Gasteiger partial charge is 0.222 e. The highest BCUT2D eigenvalue weighted by atomic mass is 32.1. The summed E-state index contributed by atoms with van der Waals surface area (Å²) in [5, 5.41) is 7.37. The topological polar surface area (TPSA) is 53.9 Å². The summed E-state index contributed by atoms with van der Waals surface area (Å²) in [5.74, 6) is 4.11. The standard InChI is InChI=1S/C18H28N4OS/c1-2-22-17(19-20-18(22)24)14-4-3-7-21(11-14)16(23)10-15-9-12-5-6-13(15)8-12/h12-15H,2-11H2,1H3,(H,20,24)/t12-,13-,14+,15+/m0/s1. The van der Waals surface area contributed by atoms with E-state index in [2.05, 4.69) is 26.6 Å². The largest absolute Gasteiger partial charge is 0.342 e. The lowest BCUT2D eigenvalue weighted by Crippen LogP contribution is -2.40. The molecule has 24 heavy (non-hydrogen) atoms. The second kappa shape index (κ2) is 6.62. The Bertz CT molecular complexity index is 666. The van der Waals surface area contributed by atoms with Gasteiger partial charge < -0.3 is 9.47 Å². The fourth-order valence-electron chi connectivity index (χ4n) is 5.34. The van der Waals surface area contributed by atoms with Crippen LogP contribution >= 0.6 is 12.2 Å². The minimum Gasteiger partial charge on any atom is -0.342 e. The third kappa shape index (κ3) is 2.93. The molecule has 0 spiro atoms. The maximum Gasteiger partial charge on any atom is 0.222 e. The summed E-state index contributed by atoms with van der Waals surface area (Å²) < 4.78 is 2.77. The number of aromatic nitrogens is 3. The number of fused-ring (bicyclic) bond motifs is 2. The molecule has 1 aliphatic heterocycles. The Balaban J connectivity index is 1.41. The third-order valence-electron chi connectivity index (χ3n) is 6.56. The Kier molecular flexibility index (Phi) is 4.50. The summed E-state index contributed by atoms with van der Waals surface area (Å²) >= 11 is 5.31. The van der Waals surface area contributed by atoms with E-state index >= 15 is 0 Å². The number of nitrogens with zero attached hydrogens (tertiary/aromatic N) is 3. The van der Waals surface area contributed by atoms with E-state index in [1.807, 2.05) is 0 Å². The van der Waals surface area contributed by atoms with E-state index in [0.29, 0.717) is 22.5 Å². The van der Waals surface area contributed by atoms with Crippen molar-refractivity contribution in [2.24, 2.45) is 17.8 Å². The summed E-state index contributed by atoms with van der Waals surface area (Å²) in [6.45, 7) is 4.64. The van der Waals surface area contributed by atoms with Crippen LogP contribution in [0.4, 0.5) is 0 Å². The molecular weight excluding hydrogens is 320 g/mol. The first-order valence-electron chi connectivity index (χ1n) is 9.58. The molecule has 1 saturated heterocycles. The molecule has 0 unspecified atom stereocenters. The van der Waals surface area contributed by atoms with Gasteiger partial charge in [0.1, 0.15) is 5.82 Å². The Labute approximate surface area is 148 Å². The van der Waals surface area contributed by atoms with Gasteiger partial charge in [-0.05, 0) is 69.0 Å². The summed E-state index contributed by atoms with van der Waals surface area (Å²) in [7, 11) is 0. The van der Waals surface area contributed by atoms with Crippen molar-refractivity contribution in [2.75, 3.05) is 13.1 Å². The van der Waals surface area contributed by atoms with Gasteiger partial charge in [0.25, 0.3) is 0 Å². The minimum atomic E-state index is 0.315. The Morgan fingerprint density at radius 1 is 1.33 bits per heavy atom. The van der Waals surface area contributed by atoms with E-state index in [1.165, 1.54) is 25.7 Å². The van der Waals surface area contributed by atoms with Gasteiger partial charge in [-0.3, -0.25) is 9.89 Å². The van der Waals surface area contributed by atoms with Gasteiger partial charge in [0.15, 0.2) is 4.77 Å². The first-order chi connectivity index (χ1) is 11.7. The normalized spacial score (nSPS) is 32.5. The highest BCUT2D eigenvalue weighted by Crippen LogP contribution is 2.49. The molecule has 3 fully saturated rings. The summed E-state index contributed by atoms with van der Waals surface area (Å²) in [6.07, 6.45) is 8.37. The van der Waals surface area contributed by atoms with E-state index in [9.17, 15) is 4.79 Å². The fourth-order valence-corrected chi connectivity index (χ4v) is 5.61. The average molecular weight is 349 g/mol. The van der Waals surface area contributed by atoms with E-state index in [0.717, 1.165) is 56.6 Å². The monoisotopic (exact) mass is 348 g/mol. The van der Waals surface area contributed by atoms with E-state index < -0.39 is 0 Å². The first-order valence-corrected chi connectivity index (χ1v) is 9.99. The lowest BCUT2D eigenvalue weighted by Gasteiger charge is -2.34. The second-order valence-electron chi connectivity index (χ2n) is 7.95. The number of carbonyl (C=O) groups excluding carboxylic acids is 1. The lowest BCUT2D eigenvalue weighted by atomic mass is 9.85. The van der Waals surface area contributed by atoms with Crippen LogP contribution in [0.2, 0.25) is 0 Å². The molecule has 1 aromatic rings. The minimum absolute atomic E-state index is 0.315. The zero-order chi connectivity index (χ0) is 16.7. The Hall–Kier alpha value is -1.17. The van der Waals surface area contributed by atoms with Crippen LogP contribution in [-0.2, 0) is 11.3 Å². The highest BCUT2D eigenvalue weighted by molar-refractivity contribution is 7.71. The van der Waals surface area contributed by atoms with Crippen LogP contribution < -0.4 is 0 Å². The van der Waals surface area contributed by atoms with E-state index in [-0.39, 0.29) is 0 Å². The molecule has 4 atom stereocenters. The van der Waals surface area contributed by atoms with Gasteiger partial charge in [0.2, 0.25) is 5.91 Å². The molecule has 1 N–H and O–H groups in total. The number of amides is 1. The third-order valence-corrected chi connectivity index (χ3v) is 6.88. The Morgan fingerprint density at radius 3 is 2.92 bits per heavy atom. The van der Waals surface area contributed by atoms with Crippen LogP contribution in [0.15, 0.2) is 0 Å². The van der Waals surface area contributed by atoms with E-state index in [1.54, 1.807) is 0 Å². The van der Waals surface area contributed by atoms with E-state index in [4.69, 9.17) is 12.2 Å². The summed E-state index contributed by atoms with van der Waals surface area (Å²) in [4.78, 5) is 14.9. The van der Waals surface area contributed by atoms with Crippen molar-refractivity contribution < 1.29 is 4.79 Å². The van der Waals surface area contributed by atoms with Crippen molar-refractivity contribution in [1.29, 1.82) is 0 Å². The number of aromatic amines is 1. The maximum absolute atomic E-state index is 12.8. The SMILES string of the molecule is CCn1c([C@@H]2CCCN(C(=O)C[C@H]3C[C@H]4CC[C@H]3C4)C2)n[nH]c1=S. The number of hydrogen-bond donors (Lipinski definition) is 1. The zero-order valence-electron chi connectivity index (χ0n) is 14.5. The molecule has 5 nitrogen and oxygen atoms in total. The van der Waals surface area contributed by atoms with Crippen molar-refractivity contribution in [1.82, 2.24) is 19.7 Å². The number of likely N-dealkylation sites (tertiary alicyclic amines) is 1. The number of carbonyl (C=O) groups is 1. The average Bonchev–Trinajstić information content (AvgIpc) is 3.30. The molecule has 2 heterocycles. The zero-order valence-corrected chi connectivity index (χ0v) is 15.4. The Morgan fingerprint density at radius 2 is 2.21 bits per heavy atom. The quantitative estimate of drug-likeness (QED) is 0.848. The van der Waals surface area contributed by atoms with Gasteiger partial charge in [-0.15, -0.1) is 0 Å². The van der Waals surface area contributed by atoms with Gasteiger partial charge in [-0.2, -0.15) is 5.10 Å². The molecule has 3 aliphatic rings. The predicted molar refractivity (Wildman–Crippen MR) is 95.2 cm³/mol. The number of H-pyrrole nitrogens is 1. The van der Waals surface area contributed by atoms with Crippen molar-refractivity contribution in [3.8, 4) is 0 Å². The number of hydrogen-bond acceptors (Lipinski definition) is 3. The lowest BCUT2D eigenvalue weighted by molar-refractivity contribution is -0.133. The highest BCUT2D eigenvalue weighted by Gasteiger charge is 2.41. The molecule has 1 aromatic heterocycles. The molecule has 0 radical (unpaired) electrons. The molecule has 2 aliphatic carbocycles. The van der Waals surface area contributed by atoms with Gasteiger partial charge in [-0.1, -0.05) is 6.42 Å². The molecule has 2 saturated carbocycles. The molecule has 6 heteroatoms. The summed E-state index contributed by atoms with van der Waals surface area (Å²) in [6, 6.07) is 0. The van der Waals surface area contributed by atoms with Crippen molar-refractivity contribution >= 4 is 18.1 Å². The molecule has 4 rings (SSSR count). The van der Waals surface area contributed by atoms with Crippen LogP contribution in [-0.4, -0.2) is 38.7 Å². The van der Waals surface area contributed by atoms with Crippen LogP contribution in [0.25, 0.3) is 0 Å². The van der Waals surface area contributed by atoms with Crippen molar-refractivity contribution in [3.05, 3.63) is 10.6 Å². The number of nitrogens with one attached hydrogen (secondary N) is 1. The van der Waals surface area contributed by atoms with Gasteiger partial charge in [-0.25, -0.2) is 0 Å². The predicted octanol–water partition coefficient (Wildman–Crippen LogP) is 3.49. The maximum atomic E-state index is 12.8. The van der Waals surface area contributed by atoms with Crippen molar-refractivity contribution in [3.63, 3.8) is 0 Å². The van der Waals surface area contributed by atoms with Crippen molar-refractivity contribution in [2.45, 2.75) is 64.3 Å². The first kappa shape index (κ1) is 16.3. The van der Waals surface area contributed by atoms with Crippen LogP contribution in [0.5, 0.6) is 0 Å². The van der Waals surface area contributed by atoms with Gasteiger partial charge >= 0.3 is 0 Å². The molecule has 2 bridgehead atoms. The van der Waals surface area contributed by atoms with Crippen LogP contribution in [0, 0.1) is 22.5 Å². The fraction of sp³-hybridized carbons (Fsp3) is 0.833. The van der Waals surface area contributed by atoms with Gasteiger partial charge in [0, 0.05) is 32.0 Å².